The van der Waals surface area contributed by atoms with Gasteiger partial charge in [0.25, 0.3) is 0 Å². The van der Waals surface area contributed by atoms with Gasteiger partial charge < -0.3 is 0 Å². The second kappa shape index (κ2) is 7.24. The number of hydrogen-bond donors (Lipinski definition) is 0. The van der Waals surface area contributed by atoms with Gasteiger partial charge in [0.15, 0.2) is 0 Å². The van der Waals surface area contributed by atoms with Crippen molar-refractivity contribution in [3.8, 4) is 0 Å². The molecule has 0 rings (SSSR count). The van der Waals surface area contributed by atoms with Gasteiger partial charge >= 0.3 is 0 Å². The normalized spacial score (nSPS) is 14.3. The van der Waals surface area contributed by atoms with Crippen LogP contribution in [0.4, 0.5) is 4.39 Å². The number of allylic oxidation sites excluding steroid dienone is 5. The fourth-order valence-electron chi connectivity index (χ4n) is 0.906. The lowest BCUT2D eigenvalue weighted by atomic mass is 10.1. The highest BCUT2D eigenvalue weighted by molar-refractivity contribution is 7.20. The van der Waals surface area contributed by atoms with Gasteiger partial charge in [-0.1, -0.05) is 25.2 Å². The molecule has 0 bridgehead atoms. The van der Waals surface area contributed by atoms with Crippen LogP contribution in [0.1, 0.15) is 26.7 Å². The predicted octanol–water partition coefficient (Wildman–Crippen LogP) is 3.98. The summed E-state index contributed by atoms with van der Waals surface area (Å²) in [6.45, 7) is 4.01. The molecule has 68 valence electrons. The summed E-state index contributed by atoms with van der Waals surface area (Å²) in [5.41, 5.74) is 1.05. The van der Waals surface area contributed by atoms with E-state index in [1.54, 1.807) is 11.9 Å². The Labute approximate surface area is 76.5 Å². The number of halogens is 1. The summed E-state index contributed by atoms with van der Waals surface area (Å²) in [5.74, 6) is 1.43. The molecule has 0 radical (unpaired) electrons. The van der Waals surface area contributed by atoms with Crippen molar-refractivity contribution in [2.75, 3.05) is 0 Å². The summed E-state index contributed by atoms with van der Waals surface area (Å²) >= 11 is 0. The molecule has 0 amide bonds. The Hall–Kier alpha value is -0.420. The van der Waals surface area contributed by atoms with E-state index in [2.05, 4.69) is 16.2 Å². The van der Waals surface area contributed by atoms with Crippen molar-refractivity contribution < 1.29 is 4.39 Å². The first kappa shape index (κ1) is 11.6. The first-order chi connectivity index (χ1) is 5.74. The molecule has 0 aromatic heterocycles. The second-order valence-electron chi connectivity index (χ2n) is 2.50. The van der Waals surface area contributed by atoms with Gasteiger partial charge in [0, 0.05) is 0 Å². The van der Waals surface area contributed by atoms with E-state index >= 15 is 0 Å². The largest absolute Gasteiger partial charge is 0.207 e. The van der Waals surface area contributed by atoms with Gasteiger partial charge in [-0.15, -0.1) is 9.24 Å². The third kappa shape index (κ3) is 5.26. The van der Waals surface area contributed by atoms with Crippen LogP contribution in [-0.4, -0.2) is 0 Å². The summed E-state index contributed by atoms with van der Waals surface area (Å²) in [4.78, 5) is 0. The molecule has 0 aromatic rings. The third-order valence-electron chi connectivity index (χ3n) is 1.49. The highest BCUT2D eigenvalue weighted by Crippen LogP contribution is 2.11. The average Bonchev–Trinajstić information content (AvgIpc) is 2.04. The summed E-state index contributed by atoms with van der Waals surface area (Å²) in [7, 11) is 2.35. The van der Waals surface area contributed by atoms with E-state index in [-0.39, 0.29) is 5.83 Å². The van der Waals surface area contributed by atoms with Crippen LogP contribution in [0.25, 0.3) is 0 Å². The van der Waals surface area contributed by atoms with E-state index in [4.69, 9.17) is 0 Å². The minimum absolute atomic E-state index is 0.188. The molecule has 12 heavy (non-hydrogen) atoms. The Morgan fingerprint density at radius 3 is 2.58 bits per heavy atom. The fourth-order valence-corrected chi connectivity index (χ4v) is 1.09. The SMILES string of the molecule is C\C=C(/C=C(F)\C=C\P)CCC. The monoisotopic (exact) mass is 186 g/mol. The van der Waals surface area contributed by atoms with Crippen molar-refractivity contribution in [3.63, 3.8) is 0 Å². The standard InChI is InChI=1S/C10H16FP/c1-3-5-9(4-2)8-10(11)6-7-12/h4,6-8H,3,5,12H2,1-2H3/b7-6+,9-4-,10-8+. The minimum Gasteiger partial charge on any atom is -0.207 e. The molecule has 0 aliphatic carbocycles. The van der Waals surface area contributed by atoms with E-state index in [1.807, 2.05) is 13.0 Å². The van der Waals surface area contributed by atoms with Gasteiger partial charge in [0.05, 0.1) is 0 Å². The van der Waals surface area contributed by atoms with Crippen LogP contribution < -0.4 is 0 Å². The Balaban J connectivity index is 4.26. The van der Waals surface area contributed by atoms with Crippen LogP contribution >= 0.6 is 9.24 Å². The maximum atomic E-state index is 12.9. The molecule has 0 spiro atoms. The fraction of sp³-hybridized carbons (Fsp3) is 0.400. The third-order valence-corrected chi connectivity index (χ3v) is 1.68. The van der Waals surface area contributed by atoms with Gasteiger partial charge in [-0.25, -0.2) is 4.39 Å². The van der Waals surface area contributed by atoms with Gasteiger partial charge in [0.1, 0.15) is 5.83 Å². The summed E-state index contributed by atoms with van der Waals surface area (Å²) < 4.78 is 12.9. The molecule has 0 saturated carbocycles. The van der Waals surface area contributed by atoms with Gasteiger partial charge in [-0.3, -0.25) is 0 Å². The van der Waals surface area contributed by atoms with E-state index < -0.39 is 0 Å². The topological polar surface area (TPSA) is 0 Å². The van der Waals surface area contributed by atoms with Crippen LogP contribution in [0.3, 0.4) is 0 Å². The molecule has 0 nitrogen and oxygen atoms in total. The lowest BCUT2D eigenvalue weighted by molar-refractivity contribution is 0.664. The summed E-state index contributed by atoms with van der Waals surface area (Å²) in [5, 5.41) is 0. The Bertz CT molecular complexity index is 202. The molecule has 0 aromatic carbocycles. The highest BCUT2D eigenvalue weighted by atomic mass is 31.0. The van der Waals surface area contributed by atoms with Gasteiger partial charge in [0.2, 0.25) is 0 Å². The maximum Gasteiger partial charge on any atom is 0.123 e. The number of rotatable bonds is 4. The van der Waals surface area contributed by atoms with Crippen molar-refractivity contribution in [2.24, 2.45) is 0 Å². The summed E-state index contributed by atoms with van der Waals surface area (Å²) in [6.07, 6.45) is 6.94. The zero-order chi connectivity index (χ0) is 9.40. The predicted molar refractivity (Wildman–Crippen MR) is 56.7 cm³/mol. The van der Waals surface area contributed by atoms with Crippen molar-refractivity contribution in [3.05, 3.63) is 35.4 Å². The second-order valence-corrected chi connectivity index (χ2v) is 2.89. The lowest BCUT2D eigenvalue weighted by Gasteiger charge is -1.96. The molecule has 2 heteroatoms. The van der Waals surface area contributed by atoms with Crippen molar-refractivity contribution in [1.82, 2.24) is 0 Å². The molecule has 1 unspecified atom stereocenters. The van der Waals surface area contributed by atoms with Gasteiger partial charge in [-0.2, -0.15) is 0 Å². The molecule has 0 aliphatic rings. The average molecular weight is 186 g/mol. The van der Waals surface area contributed by atoms with E-state index in [0.717, 1.165) is 18.4 Å². The van der Waals surface area contributed by atoms with Crippen LogP contribution in [0.5, 0.6) is 0 Å². The molecule has 0 fully saturated rings. The molecular formula is C10H16FP. The van der Waals surface area contributed by atoms with Crippen LogP contribution in [0.2, 0.25) is 0 Å². The molecule has 0 saturated heterocycles. The first-order valence-corrected chi connectivity index (χ1v) is 4.82. The molecule has 0 aliphatic heterocycles. The molecule has 0 N–H and O–H groups in total. The van der Waals surface area contributed by atoms with E-state index in [1.165, 1.54) is 6.08 Å². The summed E-state index contributed by atoms with van der Waals surface area (Å²) in [6, 6.07) is 0. The molecule has 1 atom stereocenters. The quantitative estimate of drug-likeness (QED) is 0.460. The zero-order valence-electron chi connectivity index (χ0n) is 7.68. The van der Waals surface area contributed by atoms with Crippen molar-refractivity contribution in [1.29, 1.82) is 0 Å². The zero-order valence-corrected chi connectivity index (χ0v) is 8.83. The van der Waals surface area contributed by atoms with Crippen molar-refractivity contribution in [2.45, 2.75) is 26.7 Å². The molecule has 0 heterocycles. The van der Waals surface area contributed by atoms with E-state index in [9.17, 15) is 4.39 Å². The van der Waals surface area contributed by atoms with Gasteiger partial charge in [-0.05, 0) is 31.1 Å². The molecular weight excluding hydrogens is 170 g/mol. The maximum absolute atomic E-state index is 12.9. The van der Waals surface area contributed by atoms with Crippen molar-refractivity contribution >= 4 is 9.24 Å². The van der Waals surface area contributed by atoms with Crippen LogP contribution in [-0.2, 0) is 0 Å². The van der Waals surface area contributed by atoms with Crippen LogP contribution in [0.15, 0.2) is 35.4 Å². The Morgan fingerprint density at radius 1 is 1.50 bits per heavy atom. The van der Waals surface area contributed by atoms with Crippen LogP contribution in [0, 0.1) is 0 Å². The lowest BCUT2D eigenvalue weighted by Crippen LogP contribution is -1.77. The van der Waals surface area contributed by atoms with E-state index in [0.29, 0.717) is 0 Å². The Morgan fingerprint density at radius 2 is 2.17 bits per heavy atom. The Kier molecular flexibility index (Phi) is 6.99. The smallest absolute Gasteiger partial charge is 0.123 e. The highest BCUT2D eigenvalue weighted by Gasteiger charge is 1.92. The first-order valence-electron chi connectivity index (χ1n) is 4.15. The minimum atomic E-state index is -0.188. The number of hydrogen-bond acceptors (Lipinski definition) is 0.